The third kappa shape index (κ3) is 0.951. The van der Waals surface area contributed by atoms with Gasteiger partial charge in [0.15, 0.2) is 0 Å². The fraction of sp³-hybridized carbons (Fsp3) is 0.750. The average Bonchev–Trinajstić information content (AvgIpc) is 2.45. The molecule has 1 saturated heterocycles. The molecule has 0 N–H and O–H groups in total. The van der Waals surface area contributed by atoms with Gasteiger partial charge in [-0.3, -0.25) is 4.79 Å². The molecule has 2 rings (SSSR count). The number of carbonyl (C=O) groups is 2. The maximum atomic E-state index is 10.8. The fourth-order valence-corrected chi connectivity index (χ4v) is 2.07. The quantitative estimate of drug-likeness (QED) is 0.408. The molecule has 0 aromatic carbocycles. The summed E-state index contributed by atoms with van der Waals surface area (Å²) in [5, 5.41) is 0. The molecule has 0 radical (unpaired) electrons. The molecule has 0 amide bonds. The van der Waals surface area contributed by atoms with E-state index >= 15 is 0 Å². The van der Waals surface area contributed by atoms with E-state index < -0.39 is 0 Å². The number of aldehydes is 1. The maximum absolute atomic E-state index is 10.8. The maximum Gasteiger partial charge on any atom is 0.306 e. The lowest BCUT2D eigenvalue weighted by Crippen LogP contribution is -2.14. The highest BCUT2D eigenvalue weighted by molar-refractivity contribution is 5.73. The number of ether oxygens (including phenoxy) is 1. The molecule has 1 heterocycles. The molecule has 2 fully saturated rings. The van der Waals surface area contributed by atoms with Gasteiger partial charge < -0.3 is 9.53 Å². The molecule has 2 aliphatic rings. The predicted octanol–water partition coefficient (Wildman–Crippen LogP) is 0.527. The van der Waals surface area contributed by atoms with Crippen molar-refractivity contribution in [2.24, 2.45) is 11.8 Å². The van der Waals surface area contributed by atoms with Gasteiger partial charge >= 0.3 is 5.97 Å². The fourth-order valence-electron chi connectivity index (χ4n) is 2.07. The lowest BCUT2D eigenvalue weighted by molar-refractivity contribution is -0.141. The Kier molecular flexibility index (Phi) is 1.44. The Bertz CT molecular complexity index is 200. The van der Waals surface area contributed by atoms with E-state index in [0.29, 0.717) is 6.42 Å². The average molecular weight is 154 g/mol. The Morgan fingerprint density at radius 2 is 2.27 bits per heavy atom. The highest BCUT2D eigenvalue weighted by Gasteiger charge is 2.44. The van der Waals surface area contributed by atoms with Gasteiger partial charge in [-0.15, -0.1) is 0 Å². The number of hydrogen-bond donors (Lipinski definition) is 0. The van der Waals surface area contributed by atoms with Crippen molar-refractivity contribution in [1.29, 1.82) is 0 Å². The molecule has 11 heavy (non-hydrogen) atoms. The molecule has 1 aliphatic heterocycles. The predicted molar refractivity (Wildman–Crippen MR) is 36.8 cm³/mol. The minimum Gasteiger partial charge on any atom is -0.462 e. The van der Waals surface area contributed by atoms with Crippen molar-refractivity contribution in [1.82, 2.24) is 0 Å². The standard InChI is InChI=1S/C8H10O3/c9-4-5-1-2-7-6(5)3-8(10)11-7/h4-7H,1-3H2/t5-,6-,7?/m0/s1. The molecule has 3 atom stereocenters. The molecule has 0 aromatic heterocycles. The van der Waals surface area contributed by atoms with Gasteiger partial charge in [-0.2, -0.15) is 0 Å². The molecule has 3 nitrogen and oxygen atoms in total. The van der Waals surface area contributed by atoms with Crippen LogP contribution in [-0.2, 0) is 14.3 Å². The topological polar surface area (TPSA) is 43.4 Å². The molecule has 1 unspecified atom stereocenters. The van der Waals surface area contributed by atoms with Gasteiger partial charge in [-0.05, 0) is 12.8 Å². The molecular weight excluding hydrogens is 144 g/mol. The zero-order valence-electron chi connectivity index (χ0n) is 6.16. The summed E-state index contributed by atoms with van der Waals surface area (Å²) in [6.45, 7) is 0. The minimum absolute atomic E-state index is 0.0534. The van der Waals surface area contributed by atoms with Crippen LogP contribution >= 0.6 is 0 Å². The second-order valence-corrected chi connectivity index (χ2v) is 3.27. The van der Waals surface area contributed by atoms with Crippen LogP contribution in [0.2, 0.25) is 0 Å². The monoisotopic (exact) mass is 154 g/mol. The largest absolute Gasteiger partial charge is 0.462 e. The zero-order chi connectivity index (χ0) is 7.84. The summed E-state index contributed by atoms with van der Waals surface area (Å²) < 4.78 is 5.02. The Morgan fingerprint density at radius 1 is 1.45 bits per heavy atom. The third-order valence-electron chi connectivity index (χ3n) is 2.67. The van der Waals surface area contributed by atoms with Crippen LogP contribution in [0, 0.1) is 11.8 Å². The van der Waals surface area contributed by atoms with Crippen molar-refractivity contribution in [3.8, 4) is 0 Å². The van der Waals surface area contributed by atoms with Gasteiger partial charge in [0.05, 0.1) is 6.42 Å². The van der Waals surface area contributed by atoms with Gasteiger partial charge in [-0.1, -0.05) is 0 Å². The number of rotatable bonds is 1. The Labute approximate surface area is 64.7 Å². The summed E-state index contributed by atoms with van der Waals surface area (Å²) >= 11 is 0. The number of fused-ring (bicyclic) bond motifs is 1. The number of carbonyl (C=O) groups excluding carboxylic acids is 2. The Morgan fingerprint density at radius 3 is 3.00 bits per heavy atom. The van der Waals surface area contributed by atoms with Crippen molar-refractivity contribution in [2.75, 3.05) is 0 Å². The zero-order valence-corrected chi connectivity index (χ0v) is 6.16. The van der Waals surface area contributed by atoms with Crippen LogP contribution in [0.15, 0.2) is 0 Å². The number of esters is 1. The van der Waals surface area contributed by atoms with Crippen LogP contribution in [0.1, 0.15) is 19.3 Å². The Hall–Kier alpha value is -0.860. The van der Waals surface area contributed by atoms with Crippen molar-refractivity contribution in [3.05, 3.63) is 0 Å². The molecule has 3 heteroatoms. The second-order valence-electron chi connectivity index (χ2n) is 3.27. The highest BCUT2D eigenvalue weighted by atomic mass is 16.5. The van der Waals surface area contributed by atoms with Crippen LogP contribution in [0.4, 0.5) is 0 Å². The van der Waals surface area contributed by atoms with E-state index in [4.69, 9.17) is 4.74 Å². The minimum atomic E-state index is -0.133. The first-order chi connectivity index (χ1) is 5.31. The first kappa shape index (κ1) is 6.83. The number of hydrogen-bond acceptors (Lipinski definition) is 3. The summed E-state index contributed by atoms with van der Waals surface area (Å²) in [7, 11) is 0. The van der Waals surface area contributed by atoms with Crippen LogP contribution in [-0.4, -0.2) is 18.4 Å². The highest BCUT2D eigenvalue weighted by Crippen LogP contribution is 2.39. The van der Waals surface area contributed by atoms with E-state index in [1.807, 2.05) is 0 Å². The molecule has 0 bridgehead atoms. The Balaban J connectivity index is 2.12. The molecule has 0 aromatic rings. The molecule has 0 spiro atoms. The van der Waals surface area contributed by atoms with Crippen LogP contribution < -0.4 is 0 Å². The normalized spacial score (nSPS) is 41.8. The summed E-state index contributed by atoms with van der Waals surface area (Å²) in [5.74, 6) is 0.137. The van der Waals surface area contributed by atoms with Crippen LogP contribution in [0.25, 0.3) is 0 Å². The van der Waals surface area contributed by atoms with E-state index in [1.54, 1.807) is 0 Å². The first-order valence-electron chi connectivity index (χ1n) is 3.96. The lowest BCUT2D eigenvalue weighted by Gasteiger charge is -2.07. The SMILES string of the molecule is O=C[C@@H]1CCC2OC(=O)C[C@H]21. The van der Waals surface area contributed by atoms with Gasteiger partial charge in [0.1, 0.15) is 12.4 Å². The van der Waals surface area contributed by atoms with Crippen molar-refractivity contribution >= 4 is 12.3 Å². The molecule has 60 valence electrons. The van der Waals surface area contributed by atoms with Crippen molar-refractivity contribution in [2.45, 2.75) is 25.4 Å². The van der Waals surface area contributed by atoms with Crippen molar-refractivity contribution in [3.63, 3.8) is 0 Å². The van der Waals surface area contributed by atoms with E-state index in [0.717, 1.165) is 19.1 Å². The smallest absolute Gasteiger partial charge is 0.306 e. The van der Waals surface area contributed by atoms with E-state index in [9.17, 15) is 9.59 Å². The summed E-state index contributed by atoms with van der Waals surface area (Å²) in [4.78, 5) is 21.3. The second kappa shape index (κ2) is 2.32. The summed E-state index contributed by atoms with van der Waals surface area (Å²) in [6.07, 6.45) is 3.24. The van der Waals surface area contributed by atoms with Gasteiger partial charge in [-0.25, -0.2) is 0 Å². The van der Waals surface area contributed by atoms with Crippen LogP contribution in [0.3, 0.4) is 0 Å². The van der Waals surface area contributed by atoms with Crippen LogP contribution in [0.5, 0.6) is 0 Å². The third-order valence-corrected chi connectivity index (χ3v) is 2.67. The van der Waals surface area contributed by atoms with Gasteiger partial charge in [0, 0.05) is 11.8 Å². The van der Waals surface area contributed by atoms with Crippen molar-refractivity contribution < 1.29 is 14.3 Å². The molecule has 1 saturated carbocycles. The van der Waals surface area contributed by atoms with E-state index in [2.05, 4.69) is 0 Å². The summed E-state index contributed by atoms with van der Waals surface area (Å²) in [5.41, 5.74) is 0. The van der Waals surface area contributed by atoms with Gasteiger partial charge in [0.2, 0.25) is 0 Å². The lowest BCUT2D eigenvalue weighted by atomic mass is 9.95. The van der Waals surface area contributed by atoms with Gasteiger partial charge in [0.25, 0.3) is 0 Å². The molecular formula is C8H10O3. The first-order valence-corrected chi connectivity index (χ1v) is 3.96. The van der Waals surface area contributed by atoms with E-state index in [-0.39, 0.29) is 23.9 Å². The summed E-state index contributed by atoms with van der Waals surface area (Å²) in [6, 6.07) is 0. The van der Waals surface area contributed by atoms with E-state index in [1.165, 1.54) is 0 Å². The molecule has 1 aliphatic carbocycles.